The first kappa shape index (κ1) is 21.9. The third-order valence-electron chi connectivity index (χ3n) is 6.03. The molecule has 3 aromatic heterocycles. The lowest BCUT2D eigenvalue weighted by molar-refractivity contribution is 0.400. The van der Waals surface area contributed by atoms with Gasteiger partial charge in [0.05, 0.1) is 19.5 Å². The third-order valence-corrected chi connectivity index (χ3v) is 6.03. The normalized spacial score (nSPS) is 14.3. The van der Waals surface area contributed by atoms with E-state index in [4.69, 9.17) is 4.74 Å². The quantitative estimate of drug-likeness (QED) is 0.464. The Balaban J connectivity index is 1.68. The average Bonchev–Trinajstić information content (AvgIpc) is 3.20. The fraction of sp³-hybridized carbons (Fsp3) is 0.500. The summed E-state index contributed by atoms with van der Waals surface area (Å²) in [6.45, 7) is 6.48. The van der Waals surface area contributed by atoms with Crippen LogP contribution in [0.1, 0.15) is 79.8 Å². The molecule has 3 unspecified atom stereocenters. The molecule has 0 aliphatic carbocycles. The SMILES string of the molecule is COc1cnccc1C(C)CCC(CCC(C)c1cnn(C)c1)c1cnc(C)nc1. The maximum atomic E-state index is 5.51. The van der Waals surface area contributed by atoms with E-state index in [2.05, 4.69) is 46.2 Å². The highest BCUT2D eigenvalue weighted by molar-refractivity contribution is 5.32. The van der Waals surface area contributed by atoms with E-state index >= 15 is 0 Å². The molecule has 0 saturated heterocycles. The number of aromatic nitrogens is 5. The summed E-state index contributed by atoms with van der Waals surface area (Å²) in [4.78, 5) is 13.1. The lowest BCUT2D eigenvalue weighted by Gasteiger charge is -2.22. The van der Waals surface area contributed by atoms with E-state index < -0.39 is 0 Å². The zero-order chi connectivity index (χ0) is 21.5. The van der Waals surface area contributed by atoms with Gasteiger partial charge in [-0.2, -0.15) is 5.10 Å². The van der Waals surface area contributed by atoms with Crippen LogP contribution in [0.5, 0.6) is 5.75 Å². The summed E-state index contributed by atoms with van der Waals surface area (Å²) in [5, 5.41) is 4.32. The second-order valence-corrected chi connectivity index (χ2v) is 8.28. The van der Waals surface area contributed by atoms with Crippen molar-refractivity contribution >= 4 is 0 Å². The van der Waals surface area contributed by atoms with Gasteiger partial charge in [0.25, 0.3) is 0 Å². The summed E-state index contributed by atoms with van der Waals surface area (Å²) in [6.07, 6.45) is 16.1. The first-order valence-electron chi connectivity index (χ1n) is 10.7. The van der Waals surface area contributed by atoms with Gasteiger partial charge >= 0.3 is 0 Å². The van der Waals surface area contributed by atoms with E-state index in [1.165, 1.54) is 16.7 Å². The Hall–Kier alpha value is -2.76. The van der Waals surface area contributed by atoms with Crippen molar-refractivity contribution in [3.63, 3.8) is 0 Å². The summed E-state index contributed by atoms with van der Waals surface area (Å²) >= 11 is 0. The number of rotatable bonds is 10. The molecule has 3 heterocycles. The third kappa shape index (κ3) is 5.65. The minimum absolute atomic E-state index is 0.396. The van der Waals surface area contributed by atoms with E-state index in [9.17, 15) is 0 Å². The molecule has 0 aliphatic rings. The maximum absolute atomic E-state index is 5.51. The Morgan fingerprint density at radius 2 is 1.63 bits per heavy atom. The van der Waals surface area contributed by atoms with Crippen LogP contribution in [0.25, 0.3) is 0 Å². The number of pyridine rings is 1. The van der Waals surface area contributed by atoms with Crippen LogP contribution in [0.2, 0.25) is 0 Å². The van der Waals surface area contributed by atoms with Crippen molar-refractivity contribution in [1.29, 1.82) is 0 Å². The average molecular weight is 408 g/mol. The first-order valence-corrected chi connectivity index (χ1v) is 10.7. The van der Waals surface area contributed by atoms with Crippen molar-refractivity contribution < 1.29 is 4.74 Å². The Kier molecular flexibility index (Phi) is 7.55. The summed E-state index contributed by atoms with van der Waals surface area (Å²) in [5.74, 6) is 2.99. The molecule has 0 bridgehead atoms. The fourth-order valence-corrected chi connectivity index (χ4v) is 3.98. The summed E-state index contributed by atoms with van der Waals surface area (Å²) in [7, 11) is 3.68. The van der Waals surface area contributed by atoms with Crippen LogP contribution in [-0.2, 0) is 7.05 Å². The van der Waals surface area contributed by atoms with Crippen molar-refractivity contribution in [2.24, 2.45) is 7.05 Å². The van der Waals surface area contributed by atoms with Crippen LogP contribution >= 0.6 is 0 Å². The van der Waals surface area contributed by atoms with Gasteiger partial charge < -0.3 is 4.74 Å². The van der Waals surface area contributed by atoms with E-state index in [0.29, 0.717) is 17.8 Å². The van der Waals surface area contributed by atoms with Gasteiger partial charge in [-0.25, -0.2) is 9.97 Å². The fourth-order valence-electron chi connectivity index (χ4n) is 3.98. The summed E-state index contributed by atoms with van der Waals surface area (Å²) in [5.41, 5.74) is 3.74. The number of ether oxygens (including phenoxy) is 1. The Bertz CT molecular complexity index is 921. The van der Waals surface area contributed by atoms with Gasteiger partial charge in [0.1, 0.15) is 11.6 Å². The minimum atomic E-state index is 0.396. The summed E-state index contributed by atoms with van der Waals surface area (Å²) in [6, 6.07) is 2.07. The molecule has 3 atom stereocenters. The number of methoxy groups -OCH3 is 1. The molecule has 3 aromatic rings. The van der Waals surface area contributed by atoms with Crippen LogP contribution in [0.15, 0.2) is 43.2 Å². The van der Waals surface area contributed by atoms with Crippen LogP contribution in [-0.4, -0.2) is 31.8 Å². The van der Waals surface area contributed by atoms with Gasteiger partial charge in [-0.05, 0) is 67.6 Å². The lowest BCUT2D eigenvalue weighted by Crippen LogP contribution is -2.07. The molecule has 0 N–H and O–H groups in total. The van der Waals surface area contributed by atoms with Crippen LogP contribution < -0.4 is 4.74 Å². The molecule has 3 rings (SSSR count). The van der Waals surface area contributed by atoms with Gasteiger partial charge in [-0.15, -0.1) is 0 Å². The highest BCUT2D eigenvalue weighted by atomic mass is 16.5. The van der Waals surface area contributed by atoms with Gasteiger partial charge in [0.2, 0.25) is 0 Å². The smallest absolute Gasteiger partial charge is 0.140 e. The zero-order valence-corrected chi connectivity index (χ0v) is 18.7. The van der Waals surface area contributed by atoms with Crippen molar-refractivity contribution in [3.05, 3.63) is 65.8 Å². The molecule has 0 fully saturated rings. The van der Waals surface area contributed by atoms with E-state index in [1.54, 1.807) is 13.3 Å². The maximum Gasteiger partial charge on any atom is 0.140 e. The highest BCUT2D eigenvalue weighted by Gasteiger charge is 2.19. The molecule has 0 spiro atoms. The van der Waals surface area contributed by atoms with Crippen LogP contribution in [0.4, 0.5) is 0 Å². The number of hydrogen-bond acceptors (Lipinski definition) is 5. The largest absolute Gasteiger partial charge is 0.495 e. The van der Waals surface area contributed by atoms with Gasteiger partial charge in [-0.3, -0.25) is 9.67 Å². The molecule has 6 nitrogen and oxygen atoms in total. The van der Waals surface area contributed by atoms with Crippen molar-refractivity contribution in [3.8, 4) is 5.75 Å². The molecular formula is C24H33N5O. The number of hydrogen-bond donors (Lipinski definition) is 0. The molecule has 6 heteroatoms. The van der Waals surface area contributed by atoms with Crippen molar-refractivity contribution in [2.75, 3.05) is 7.11 Å². The standard InChI is InChI=1S/C24H33N5O/c1-17(22-14-28-29(4)16-22)6-8-20(21-12-26-19(3)27-13-21)9-7-18(2)23-10-11-25-15-24(23)30-5/h10-18,20H,6-9H2,1-5H3. The van der Waals surface area contributed by atoms with Gasteiger partial charge in [0, 0.05) is 37.4 Å². The lowest BCUT2D eigenvalue weighted by atomic mass is 9.84. The van der Waals surface area contributed by atoms with Crippen LogP contribution in [0.3, 0.4) is 0 Å². The molecule has 0 aliphatic heterocycles. The predicted molar refractivity (Wildman–Crippen MR) is 119 cm³/mol. The Morgan fingerprint density at radius 1 is 0.933 bits per heavy atom. The molecule has 0 amide bonds. The zero-order valence-electron chi connectivity index (χ0n) is 18.7. The topological polar surface area (TPSA) is 65.7 Å². The molecule has 0 aromatic carbocycles. The van der Waals surface area contributed by atoms with Gasteiger partial charge in [-0.1, -0.05) is 13.8 Å². The first-order chi connectivity index (χ1) is 14.5. The molecule has 30 heavy (non-hydrogen) atoms. The van der Waals surface area contributed by atoms with E-state index in [-0.39, 0.29) is 0 Å². The highest BCUT2D eigenvalue weighted by Crippen LogP contribution is 2.35. The van der Waals surface area contributed by atoms with Gasteiger partial charge in [0.15, 0.2) is 0 Å². The Labute approximate surface area is 179 Å². The second kappa shape index (κ2) is 10.3. The molecular weight excluding hydrogens is 374 g/mol. The molecule has 160 valence electrons. The van der Waals surface area contributed by atoms with Crippen molar-refractivity contribution in [1.82, 2.24) is 24.7 Å². The van der Waals surface area contributed by atoms with Crippen LogP contribution in [0, 0.1) is 6.92 Å². The molecule has 0 saturated carbocycles. The monoisotopic (exact) mass is 407 g/mol. The predicted octanol–water partition coefficient (Wildman–Crippen LogP) is 5.17. The number of nitrogens with zero attached hydrogens (tertiary/aromatic N) is 5. The second-order valence-electron chi connectivity index (χ2n) is 8.28. The molecule has 0 radical (unpaired) electrons. The minimum Gasteiger partial charge on any atom is -0.495 e. The summed E-state index contributed by atoms with van der Waals surface area (Å²) < 4.78 is 7.39. The van der Waals surface area contributed by atoms with E-state index in [1.807, 2.05) is 43.4 Å². The van der Waals surface area contributed by atoms with E-state index in [0.717, 1.165) is 37.3 Å². The Morgan fingerprint density at radius 3 is 2.27 bits per heavy atom. The van der Waals surface area contributed by atoms with Crippen molar-refractivity contribution in [2.45, 2.75) is 64.2 Å². The number of aryl methyl sites for hydroxylation is 2.